The number of nitrogens with one attached hydrogen (secondary N) is 2. The fourth-order valence-electron chi connectivity index (χ4n) is 2.43. The van der Waals surface area contributed by atoms with Gasteiger partial charge in [0.05, 0.1) is 20.6 Å². The molecular weight excluding hydrogens is 344 g/mol. The van der Waals surface area contributed by atoms with Gasteiger partial charge in [0.15, 0.2) is 0 Å². The summed E-state index contributed by atoms with van der Waals surface area (Å²) in [6, 6.07) is 14.8. The van der Waals surface area contributed by atoms with Crippen LogP contribution >= 0.6 is 0 Å². The van der Waals surface area contributed by atoms with E-state index in [0.29, 0.717) is 31.0 Å². The minimum absolute atomic E-state index is 0.0768. The Hall–Kier alpha value is -3.28. The molecule has 0 aliphatic carbocycles. The maximum absolute atomic E-state index is 11.9. The van der Waals surface area contributed by atoms with Crippen LogP contribution in [0, 0.1) is 0 Å². The van der Waals surface area contributed by atoms with Crippen molar-refractivity contribution in [2.24, 2.45) is 0 Å². The Labute approximate surface area is 159 Å². The van der Waals surface area contributed by atoms with Gasteiger partial charge in [-0.3, -0.25) is 9.59 Å². The molecule has 0 saturated carbocycles. The molecule has 0 unspecified atom stereocenters. The molecule has 142 valence electrons. The first-order valence-corrected chi connectivity index (χ1v) is 8.61. The van der Waals surface area contributed by atoms with E-state index in [1.54, 1.807) is 38.5 Å². The van der Waals surface area contributed by atoms with Crippen molar-refractivity contribution in [1.29, 1.82) is 0 Å². The third-order valence-electron chi connectivity index (χ3n) is 3.81. The van der Waals surface area contributed by atoms with E-state index < -0.39 is 0 Å². The van der Waals surface area contributed by atoms with Crippen LogP contribution in [0.25, 0.3) is 6.08 Å². The maximum Gasteiger partial charge on any atom is 0.244 e. The number of hydrogen-bond donors (Lipinski definition) is 2. The Kier molecular flexibility index (Phi) is 7.91. The molecule has 6 heteroatoms. The molecule has 0 aromatic heterocycles. The normalized spacial score (nSPS) is 10.4. The first-order valence-electron chi connectivity index (χ1n) is 8.61. The second-order valence-corrected chi connectivity index (χ2v) is 5.74. The molecule has 2 amide bonds. The van der Waals surface area contributed by atoms with E-state index in [-0.39, 0.29) is 11.8 Å². The van der Waals surface area contributed by atoms with Crippen LogP contribution in [0.5, 0.6) is 11.5 Å². The monoisotopic (exact) mass is 368 g/mol. The summed E-state index contributed by atoms with van der Waals surface area (Å²) in [6.07, 6.45) is 3.40. The van der Waals surface area contributed by atoms with Crippen molar-refractivity contribution >= 4 is 17.9 Å². The largest absolute Gasteiger partial charge is 0.497 e. The fraction of sp³-hybridized carbons (Fsp3) is 0.238. The highest BCUT2D eigenvalue weighted by Gasteiger charge is 2.04. The van der Waals surface area contributed by atoms with Crippen molar-refractivity contribution < 1.29 is 19.1 Å². The topological polar surface area (TPSA) is 76.7 Å². The van der Waals surface area contributed by atoms with Crippen molar-refractivity contribution in [3.05, 3.63) is 65.7 Å². The second-order valence-electron chi connectivity index (χ2n) is 5.74. The molecular formula is C21H24N2O4. The van der Waals surface area contributed by atoms with E-state index in [9.17, 15) is 9.59 Å². The van der Waals surface area contributed by atoms with Crippen LogP contribution in [0.3, 0.4) is 0 Å². The minimum atomic E-state index is -0.253. The maximum atomic E-state index is 11.9. The molecule has 0 aliphatic rings. The summed E-state index contributed by atoms with van der Waals surface area (Å²) in [6.45, 7) is 0.715. The number of carbonyl (C=O) groups is 2. The molecule has 2 N–H and O–H groups in total. The molecule has 2 aromatic carbocycles. The van der Waals surface area contributed by atoms with Crippen LogP contribution in [0.1, 0.15) is 11.1 Å². The summed E-state index contributed by atoms with van der Waals surface area (Å²) in [5, 5.41) is 5.51. The van der Waals surface area contributed by atoms with Gasteiger partial charge < -0.3 is 20.1 Å². The molecule has 27 heavy (non-hydrogen) atoms. The van der Waals surface area contributed by atoms with Gasteiger partial charge in [-0.25, -0.2) is 0 Å². The highest BCUT2D eigenvalue weighted by atomic mass is 16.5. The molecule has 0 saturated heterocycles. The van der Waals surface area contributed by atoms with E-state index in [1.807, 2.05) is 30.3 Å². The number of carbonyl (C=O) groups excluding carboxylic acids is 2. The van der Waals surface area contributed by atoms with Gasteiger partial charge in [0.1, 0.15) is 11.5 Å². The van der Waals surface area contributed by atoms with Gasteiger partial charge in [-0.05, 0) is 29.8 Å². The molecule has 0 bridgehead atoms. The molecule has 6 nitrogen and oxygen atoms in total. The van der Waals surface area contributed by atoms with Gasteiger partial charge in [0.2, 0.25) is 11.8 Å². The van der Waals surface area contributed by atoms with E-state index in [2.05, 4.69) is 10.6 Å². The lowest BCUT2D eigenvalue weighted by Crippen LogP contribution is -2.34. The van der Waals surface area contributed by atoms with Crippen molar-refractivity contribution in [3.8, 4) is 11.5 Å². The lowest BCUT2D eigenvalue weighted by molar-refractivity contribution is -0.121. The van der Waals surface area contributed by atoms with Gasteiger partial charge in [-0.2, -0.15) is 0 Å². The highest BCUT2D eigenvalue weighted by molar-refractivity contribution is 5.92. The number of benzene rings is 2. The third kappa shape index (κ3) is 6.86. The lowest BCUT2D eigenvalue weighted by Gasteiger charge is -2.07. The third-order valence-corrected chi connectivity index (χ3v) is 3.81. The SMILES string of the molecule is COc1ccc(OC)c(/C=C/C(=O)NCCNC(=O)Cc2ccccc2)c1. The Morgan fingerprint density at radius 2 is 1.70 bits per heavy atom. The van der Waals surface area contributed by atoms with Crippen molar-refractivity contribution in [2.75, 3.05) is 27.3 Å². The zero-order valence-corrected chi connectivity index (χ0v) is 15.5. The predicted octanol–water partition coefficient (Wildman–Crippen LogP) is 2.19. The fourth-order valence-corrected chi connectivity index (χ4v) is 2.43. The standard InChI is InChI=1S/C21H24N2O4/c1-26-18-9-10-19(27-2)17(15-18)8-11-20(24)22-12-13-23-21(25)14-16-6-4-3-5-7-16/h3-11,15H,12-14H2,1-2H3,(H,22,24)(H,23,25)/b11-8+. The van der Waals surface area contributed by atoms with Crippen LogP contribution in [-0.2, 0) is 16.0 Å². The number of ether oxygens (including phenoxy) is 2. The molecule has 0 radical (unpaired) electrons. The van der Waals surface area contributed by atoms with Crippen molar-refractivity contribution in [2.45, 2.75) is 6.42 Å². The Morgan fingerprint density at radius 3 is 2.41 bits per heavy atom. The van der Waals surface area contributed by atoms with Gasteiger partial charge in [-0.1, -0.05) is 30.3 Å². The van der Waals surface area contributed by atoms with E-state index in [1.165, 1.54) is 6.08 Å². The van der Waals surface area contributed by atoms with E-state index in [4.69, 9.17) is 9.47 Å². The quantitative estimate of drug-likeness (QED) is 0.525. The smallest absolute Gasteiger partial charge is 0.244 e. The van der Waals surface area contributed by atoms with Crippen LogP contribution in [-0.4, -0.2) is 39.1 Å². The van der Waals surface area contributed by atoms with Gasteiger partial charge in [0, 0.05) is 24.7 Å². The van der Waals surface area contributed by atoms with Gasteiger partial charge in [-0.15, -0.1) is 0 Å². The summed E-state index contributed by atoms with van der Waals surface area (Å²) in [4.78, 5) is 23.8. The summed E-state index contributed by atoms with van der Waals surface area (Å²) in [7, 11) is 3.14. The zero-order valence-electron chi connectivity index (χ0n) is 15.5. The van der Waals surface area contributed by atoms with Crippen LogP contribution < -0.4 is 20.1 Å². The number of amides is 2. The molecule has 2 aromatic rings. The average molecular weight is 368 g/mol. The summed E-state index contributed by atoms with van der Waals surface area (Å²) >= 11 is 0. The van der Waals surface area contributed by atoms with Crippen molar-refractivity contribution in [3.63, 3.8) is 0 Å². The van der Waals surface area contributed by atoms with Crippen molar-refractivity contribution in [1.82, 2.24) is 10.6 Å². The number of methoxy groups -OCH3 is 2. The average Bonchev–Trinajstić information content (AvgIpc) is 2.70. The van der Waals surface area contributed by atoms with Gasteiger partial charge in [0.25, 0.3) is 0 Å². The number of rotatable bonds is 9. The molecule has 0 heterocycles. The molecule has 0 aliphatic heterocycles. The molecule has 0 fully saturated rings. The number of hydrogen-bond acceptors (Lipinski definition) is 4. The first kappa shape index (κ1) is 20.0. The summed E-state index contributed by atoms with van der Waals surface area (Å²) < 4.78 is 10.4. The summed E-state index contributed by atoms with van der Waals surface area (Å²) in [5.74, 6) is 0.995. The lowest BCUT2D eigenvalue weighted by atomic mass is 10.1. The molecule has 0 atom stereocenters. The first-order chi connectivity index (χ1) is 13.1. The Bertz CT molecular complexity index is 788. The Balaban J connectivity index is 1.74. The van der Waals surface area contributed by atoms with E-state index >= 15 is 0 Å². The van der Waals surface area contributed by atoms with Crippen LogP contribution in [0.4, 0.5) is 0 Å². The van der Waals surface area contributed by atoms with E-state index in [0.717, 1.165) is 11.1 Å². The van der Waals surface area contributed by atoms with Crippen LogP contribution in [0.2, 0.25) is 0 Å². The predicted molar refractivity (Wildman–Crippen MR) is 105 cm³/mol. The Morgan fingerprint density at radius 1 is 0.963 bits per heavy atom. The molecule has 0 spiro atoms. The molecule has 2 rings (SSSR count). The van der Waals surface area contributed by atoms with Crippen LogP contribution in [0.15, 0.2) is 54.6 Å². The summed E-state index contributed by atoms with van der Waals surface area (Å²) in [5.41, 5.74) is 1.69. The second kappa shape index (κ2) is 10.7. The van der Waals surface area contributed by atoms with Gasteiger partial charge >= 0.3 is 0 Å². The zero-order chi connectivity index (χ0) is 19.5. The minimum Gasteiger partial charge on any atom is -0.497 e. The highest BCUT2D eigenvalue weighted by Crippen LogP contribution is 2.24.